The van der Waals surface area contributed by atoms with Gasteiger partial charge in [0.15, 0.2) is 11.2 Å². The van der Waals surface area contributed by atoms with Gasteiger partial charge in [-0.05, 0) is 38.5 Å². The lowest BCUT2D eigenvalue weighted by Gasteiger charge is -2.09. The van der Waals surface area contributed by atoms with Crippen LogP contribution < -0.4 is 16.6 Å². The molecular weight excluding hydrogens is 380 g/mol. The van der Waals surface area contributed by atoms with Crippen LogP contribution in [0.15, 0.2) is 33.9 Å². The summed E-state index contributed by atoms with van der Waals surface area (Å²) in [5, 5.41) is 4.05. The highest BCUT2D eigenvalue weighted by Gasteiger charge is 2.20. The van der Waals surface area contributed by atoms with Gasteiger partial charge in [0.1, 0.15) is 0 Å². The van der Waals surface area contributed by atoms with Crippen molar-refractivity contribution in [2.75, 3.05) is 11.9 Å². The Morgan fingerprint density at radius 2 is 2.00 bits per heavy atom. The number of anilines is 1. The fraction of sp³-hybridized carbons (Fsp3) is 0.316. The summed E-state index contributed by atoms with van der Waals surface area (Å²) in [6, 6.07) is 7.61. The molecule has 0 spiro atoms. The summed E-state index contributed by atoms with van der Waals surface area (Å²) >= 11 is 6.01. The Morgan fingerprint density at radius 3 is 2.75 bits per heavy atom. The number of hydrogen-bond donors (Lipinski definition) is 2. The van der Waals surface area contributed by atoms with Crippen molar-refractivity contribution in [2.45, 2.75) is 26.8 Å². The van der Waals surface area contributed by atoms with Gasteiger partial charge >= 0.3 is 5.69 Å². The predicted molar refractivity (Wildman–Crippen MR) is 111 cm³/mol. The molecule has 0 bridgehead atoms. The summed E-state index contributed by atoms with van der Waals surface area (Å²) < 4.78 is 5.27. The summed E-state index contributed by atoms with van der Waals surface area (Å²) in [4.78, 5) is 31.2. The number of H-pyrrole nitrogens is 1. The maximum Gasteiger partial charge on any atom is 0.329 e. The minimum absolute atomic E-state index is 0.387. The lowest BCUT2D eigenvalue weighted by Crippen LogP contribution is -2.28. The van der Waals surface area contributed by atoms with E-state index in [0.717, 1.165) is 36.6 Å². The molecule has 4 rings (SSSR count). The lowest BCUT2D eigenvalue weighted by molar-refractivity contribution is 0.659. The van der Waals surface area contributed by atoms with Crippen LogP contribution >= 0.6 is 11.6 Å². The minimum Gasteiger partial charge on any atom is -0.385 e. The van der Waals surface area contributed by atoms with Gasteiger partial charge in [0.2, 0.25) is 5.78 Å². The molecule has 0 unspecified atom stereocenters. The second-order valence-corrected chi connectivity index (χ2v) is 7.29. The Labute approximate surface area is 165 Å². The third-order valence-electron chi connectivity index (χ3n) is 5.12. The zero-order valence-electron chi connectivity index (χ0n) is 15.9. The Balaban J connectivity index is 1.66. The number of rotatable bonds is 5. The van der Waals surface area contributed by atoms with E-state index in [4.69, 9.17) is 11.6 Å². The second kappa shape index (κ2) is 6.87. The molecule has 0 atom stereocenters. The third-order valence-corrected chi connectivity index (χ3v) is 5.35. The van der Waals surface area contributed by atoms with Crippen LogP contribution in [-0.2, 0) is 13.6 Å². The largest absolute Gasteiger partial charge is 0.385 e. The maximum atomic E-state index is 12.4. The van der Waals surface area contributed by atoms with Gasteiger partial charge in [-0.25, -0.2) is 4.79 Å². The Morgan fingerprint density at radius 1 is 1.21 bits per heavy atom. The quantitative estimate of drug-likeness (QED) is 0.503. The highest BCUT2D eigenvalue weighted by molar-refractivity contribution is 6.30. The lowest BCUT2D eigenvalue weighted by atomic mass is 10.3. The van der Waals surface area contributed by atoms with E-state index in [0.29, 0.717) is 22.0 Å². The number of hydrogen-bond acceptors (Lipinski definition) is 4. The van der Waals surface area contributed by atoms with Crippen LogP contribution in [0.3, 0.4) is 0 Å². The van der Waals surface area contributed by atoms with Gasteiger partial charge in [0.25, 0.3) is 5.56 Å². The Bertz CT molecular complexity index is 1310. The molecule has 4 aromatic rings. The predicted octanol–water partition coefficient (Wildman–Crippen LogP) is 2.45. The topological polar surface area (TPSA) is 89.1 Å². The van der Waals surface area contributed by atoms with Crippen LogP contribution in [-0.4, -0.2) is 30.0 Å². The molecule has 0 fully saturated rings. The maximum absolute atomic E-state index is 12.4. The zero-order valence-corrected chi connectivity index (χ0v) is 16.7. The first-order valence-corrected chi connectivity index (χ1v) is 9.43. The van der Waals surface area contributed by atoms with Crippen LogP contribution in [0.25, 0.3) is 16.9 Å². The molecule has 0 aliphatic rings. The monoisotopic (exact) mass is 400 g/mol. The van der Waals surface area contributed by atoms with E-state index in [2.05, 4.69) is 19.9 Å². The fourth-order valence-electron chi connectivity index (χ4n) is 3.51. The first kappa shape index (κ1) is 18.4. The molecule has 0 aliphatic carbocycles. The van der Waals surface area contributed by atoms with Gasteiger partial charge < -0.3 is 9.88 Å². The molecule has 1 aromatic carbocycles. The average Bonchev–Trinajstić information content (AvgIpc) is 3.15. The van der Waals surface area contributed by atoms with Crippen LogP contribution in [0, 0.1) is 13.8 Å². The molecule has 0 amide bonds. The highest BCUT2D eigenvalue weighted by Crippen LogP contribution is 2.21. The smallest absolute Gasteiger partial charge is 0.329 e. The number of nitrogens with one attached hydrogen (secondary N) is 2. The van der Waals surface area contributed by atoms with Gasteiger partial charge in [-0.1, -0.05) is 17.7 Å². The highest BCUT2D eigenvalue weighted by atomic mass is 35.5. The van der Waals surface area contributed by atoms with Crippen molar-refractivity contribution < 1.29 is 0 Å². The second-order valence-electron chi connectivity index (χ2n) is 6.85. The van der Waals surface area contributed by atoms with Gasteiger partial charge in [0, 0.05) is 42.2 Å². The van der Waals surface area contributed by atoms with E-state index >= 15 is 0 Å². The number of aromatic nitrogens is 5. The van der Waals surface area contributed by atoms with E-state index in [1.165, 1.54) is 4.57 Å². The molecular formula is C19H21ClN6O2. The number of aromatic amines is 1. The van der Waals surface area contributed by atoms with Crippen molar-refractivity contribution in [2.24, 2.45) is 7.05 Å². The summed E-state index contributed by atoms with van der Waals surface area (Å²) in [6.07, 6.45) is 0.857. The van der Waals surface area contributed by atoms with Gasteiger partial charge in [0.05, 0.1) is 0 Å². The molecule has 0 saturated carbocycles. The number of imidazole rings is 2. The molecule has 8 nitrogen and oxygen atoms in total. The van der Waals surface area contributed by atoms with E-state index in [1.807, 2.05) is 42.5 Å². The molecule has 3 aromatic heterocycles. The van der Waals surface area contributed by atoms with Crippen molar-refractivity contribution in [1.29, 1.82) is 0 Å². The molecule has 9 heteroatoms. The van der Waals surface area contributed by atoms with Crippen molar-refractivity contribution in [1.82, 2.24) is 23.5 Å². The summed E-state index contributed by atoms with van der Waals surface area (Å²) in [7, 11) is 1.61. The Hall–Kier alpha value is -3.00. The summed E-state index contributed by atoms with van der Waals surface area (Å²) in [5.41, 5.74) is 2.85. The van der Waals surface area contributed by atoms with Crippen molar-refractivity contribution in [3.63, 3.8) is 0 Å². The van der Waals surface area contributed by atoms with Crippen LogP contribution in [0.4, 0.5) is 5.69 Å². The van der Waals surface area contributed by atoms with Crippen molar-refractivity contribution >= 4 is 34.2 Å². The first-order chi connectivity index (χ1) is 13.4. The van der Waals surface area contributed by atoms with Gasteiger partial charge in [-0.15, -0.1) is 0 Å². The molecule has 28 heavy (non-hydrogen) atoms. The number of aryl methyl sites for hydroxylation is 3. The number of halogens is 1. The van der Waals surface area contributed by atoms with Gasteiger partial charge in [-0.3, -0.25) is 18.7 Å². The summed E-state index contributed by atoms with van der Waals surface area (Å²) in [6.45, 7) is 5.46. The third kappa shape index (κ3) is 2.90. The SMILES string of the molecule is Cc1c(C)n2c3c(=O)[nH]c(=O)n(C)c3nc2n1CCCNc1cccc(Cl)c1. The number of fused-ring (bicyclic) bond motifs is 3. The molecule has 2 N–H and O–H groups in total. The van der Waals surface area contributed by atoms with Crippen LogP contribution in [0.5, 0.6) is 0 Å². The summed E-state index contributed by atoms with van der Waals surface area (Å²) in [5.74, 6) is 0.666. The number of nitrogens with zero attached hydrogens (tertiary/aromatic N) is 4. The first-order valence-electron chi connectivity index (χ1n) is 9.05. The zero-order chi connectivity index (χ0) is 20.0. The Kier molecular flexibility index (Phi) is 4.50. The van der Waals surface area contributed by atoms with Crippen molar-refractivity contribution in [3.8, 4) is 0 Å². The van der Waals surface area contributed by atoms with E-state index < -0.39 is 11.2 Å². The van der Waals surface area contributed by atoms with Gasteiger partial charge in [-0.2, -0.15) is 4.98 Å². The number of benzene rings is 1. The van der Waals surface area contributed by atoms with Crippen LogP contribution in [0.1, 0.15) is 17.8 Å². The van der Waals surface area contributed by atoms with Crippen molar-refractivity contribution in [3.05, 3.63) is 61.5 Å². The normalized spacial score (nSPS) is 11.6. The van der Waals surface area contributed by atoms with E-state index in [1.54, 1.807) is 7.05 Å². The molecule has 146 valence electrons. The van der Waals surface area contributed by atoms with Crippen LogP contribution in [0.2, 0.25) is 5.02 Å². The molecule has 3 heterocycles. The van der Waals surface area contributed by atoms with E-state index in [-0.39, 0.29) is 0 Å². The fourth-order valence-corrected chi connectivity index (χ4v) is 3.70. The molecule has 0 radical (unpaired) electrons. The minimum atomic E-state index is -0.468. The average molecular weight is 401 g/mol. The standard InChI is InChI=1S/C19H21ClN6O2/c1-11-12(2)26-15-16(24(3)19(28)23-17(15)27)22-18(26)25(11)9-5-8-21-14-7-4-6-13(20)10-14/h4,6-7,10,21H,5,8-9H2,1-3H3,(H,23,27,28). The molecule has 0 aliphatic heterocycles. The van der Waals surface area contributed by atoms with E-state index in [9.17, 15) is 9.59 Å². The molecule has 0 saturated heterocycles.